The lowest BCUT2D eigenvalue weighted by atomic mass is 9.96. The van der Waals surface area contributed by atoms with Crippen molar-refractivity contribution >= 4 is 23.0 Å². The SMILES string of the molecule is Cc1cccnc1-n1c(C)cc([C@H]2[C@H](c3ccccn3)NC(=S)N2c2ccc(OC3CCCC3)cc2)c1C. The quantitative estimate of drug-likeness (QED) is 0.284. The molecule has 1 aliphatic carbocycles. The lowest BCUT2D eigenvalue weighted by Gasteiger charge is -2.28. The number of ether oxygens (including phenoxy) is 1. The van der Waals surface area contributed by atoms with Crippen LogP contribution in [0.5, 0.6) is 5.75 Å². The summed E-state index contributed by atoms with van der Waals surface area (Å²) in [6.07, 6.45) is 8.81. The summed E-state index contributed by atoms with van der Waals surface area (Å²) >= 11 is 5.96. The normalized spacial score (nSPS) is 19.7. The van der Waals surface area contributed by atoms with E-state index in [9.17, 15) is 0 Å². The van der Waals surface area contributed by atoms with Gasteiger partial charge >= 0.3 is 0 Å². The van der Waals surface area contributed by atoms with Gasteiger partial charge in [0, 0.05) is 29.5 Å². The zero-order valence-corrected chi connectivity index (χ0v) is 22.9. The molecule has 2 atom stereocenters. The molecule has 1 saturated heterocycles. The first-order valence-electron chi connectivity index (χ1n) is 13.4. The second-order valence-corrected chi connectivity index (χ2v) is 10.7. The van der Waals surface area contributed by atoms with E-state index < -0.39 is 0 Å². The number of nitrogens with zero attached hydrogens (tertiary/aromatic N) is 4. The number of aryl methyl sites for hydroxylation is 2. The van der Waals surface area contributed by atoms with Gasteiger partial charge < -0.3 is 19.5 Å². The minimum absolute atomic E-state index is 0.0806. The average Bonchev–Trinajstić information content (AvgIpc) is 3.63. The fraction of sp³-hybridized carbons (Fsp3) is 0.323. The van der Waals surface area contributed by atoms with Crippen molar-refractivity contribution in [1.29, 1.82) is 0 Å². The van der Waals surface area contributed by atoms with Gasteiger partial charge in [-0.3, -0.25) is 4.98 Å². The van der Waals surface area contributed by atoms with Gasteiger partial charge in [-0.2, -0.15) is 0 Å². The maximum absolute atomic E-state index is 6.23. The predicted molar refractivity (Wildman–Crippen MR) is 155 cm³/mol. The molecule has 1 saturated carbocycles. The standard InChI is InChI=1S/C31H33N5OS/c1-20-9-8-18-33-30(20)35-21(2)19-26(22(35)3)29-28(27-12-6-7-17-32-27)34-31(38)36(29)23-13-15-25(16-14-23)37-24-10-4-5-11-24/h6-9,12-19,24,28-29H,4-5,10-11H2,1-3H3,(H,34,38)/t28-,29-/m0/s1. The Bertz CT molecular complexity index is 1440. The third-order valence-electron chi connectivity index (χ3n) is 7.80. The highest BCUT2D eigenvalue weighted by Gasteiger charge is 2.42. The zero-order chi connectivity index (χ0) is 26.2. The number of rotatable bonds is 6. The Kier molecular flexibility index (Phi) is 6.62. The summed E-state index contributed by atoms with van der Waals surface area (Å²) in [5, 5.41) is 4.28. The Labute approximate surface area is 229 Å². The highest BCUT2D eigenvalue weighted by Crippen LogP contribution is 2.44. The van der Waals surface area contributed by atoms with Crippen molar-refractivity contribution < 1.29 is 4.74 Å². The molecule has 6 nitrogen and oxygen atoms in total. The minimum Gasteiger partial charge on any atom is -0.490 e. The molecular formula is C31H33N5OS. The summed E-state index contributed by atoms with van der Waals surface area (Å²) in [6.45, 7) is 6.41. The van der Waals surface area contributed by atoms with Crippen LogP contribution in [-0.4, -0.2) is 25.8 Å². The summed E-state index contributed by atoms with van der Waals surface area (Å²) in [4.78, 5) is 11.7. The molecule has 194 valence electrons. The Morgan fingerprint density at radius 1 is 0.921 bits per heavy atom. The Hall–Kier alpha value is -3.71. The van der Waals surface area contributed by atoms with Gasteiger partial charge in [0.2, 0.25) is 0 Å². The third kappa shape index (κ3) is 4.45. The average molecular weight is 524 g/mol. The van der Waals surface area contributed by atoms with Crippen LogP contribution in [0.1, 0.15) is 66.0 Å². The molecule has 0 spiro atoms. The van der Waals surface area contributed by atoms with Gasteiger partial charge in [-0.05, 0) is 118 Å². The molecule has 1 aromatic carbocycles. The van der Waals surface area contributed by atoms with Crippen LogP contribution in [0.4, 0.5) is 5.69 Å². The fourth-order valence-corrected chi connectivity index (χ4v) is 6.30. The van der Waals surface area contributed by atoms with Crippen LogP contribution >= 0.6 is 12.2 Å². The van der Waals surface area contributed by atoms with Crippen molar-refractivity contribution in [2.45, 2.75) is 64.6 Å². The largest absolute Gasteiger partial charge is 0.490 e. The number of anilines is 1. The highest BCUT2D eigenvalue weighted by molar-refractivity contribution is 7.80. The van der Waals surface area contributed by atoms with E-state index in [1.807, 2.05) is 30.6 Å². The second-order valence-electron chi connectivity index (χ2n) is 10.3. The van der Waals surface area contributed by atoms with Crippen LogP contribution in [0.25, 0.3) is 5.82 Å². The van der Waals surface area contributed by atoms with E-state index in [1.165, 1.54) is 18.4 Å². The van der Waals surface area contributed by atoms with Crippen LogP contribution in [0.2, 0.25) is 0 Å². The summed E-state index contributed by atoms with van der Waals surface area (Å²) in [5.41, 5.74) is 6.61. The van der Waals surface area contributed by atoms with Crippen molar-refractivity contribution in [2.75, 3.05) is 4.90 Å². The number of aromatic nitrogens is 3. The maximum atomic E-state index is 6.23. The molecule has 4 aromatic rings. The van der Waals surface area contributed by atoms with Gasteiger partial charge in [-0.1, -0.05) is 12.1 Å². The minimum atomic E-state index is -0.100. The molecule has 38 heavy (non-hydrogen) atoms. The van der Waals surface area contributed by atoms with Crippen LogP contribution in [-0.2, 0) is 0 Å². The molecule has 0 radical (unpaired) electrons. The van der Waals surface area contributed by atoms with Crippen molar-refractivity contribution in [3.05, 3.63) is 101 Å². The van der Waals surface area contributed by atoms with Crippen molar-refractivity contribution in [2.24, 2.45) is 0 Å². The summed E-state index contributed by atoms with van der Waals surface area (Å²) in [6, 6.07) is 20.6. The van der Waals surface area contributed by atoms with Crippen LogP contribution in [0.3, 0.4) is 0 Å². The van der Waals surface area contributed by atoms with E-state index in [2.05, 4.69) is 78.0 Å². The lowest BCUT2D eigenvalue weighted by molar-refractivity contribution is 0.210. The number of nitrogens with one attached hydrogen (secondary N) is 1. The summed E-state index contributed by atoms with van der Waals surface area (Å²) < 4.78 is 8.48. The first kappa shape index (κ1) is 24.6. The Morgan fingerprint density at radius 2 is 1.68 bits per heavy atom. The zero-order valence-electron chi connectivity index (χ0n) is 22.1. The smallest absolute Gasteiger partial charge is 0.174 e. The van der Waals surface area contributed by atoms with Crippen molar-refractivity contribution in [3.63, 3.8) is 0 Å². The monoisotopic (exact) mass is 523 g/mol. The van der Waals surface area contributed by atoms with Crippen molar-refractivity contribution in [3.8, 4) is 11.6 Å². The van der Waals surface area contributed by atoms with Gasteiger partial charge in [-0.25, -0.2) is 4.98 Å². The van der Waals surface area contributed by atoms with Gasteiger partial charge in [0.25, 0.3) is 0 Å². The molecule has 0 bridgehead atoms. The molecule has 4 heterocycles. The number of hydrogen-bond donors (Lipinski definition) is 1. The molecule has 0 unspecified atom stereocenters. The maximum Gasteiger partial charge on any atom is 0.174 e. The van der Waals surface area contributed by atoms with Gasteiger partial charge in [0.1, 0.15) is 11.6 Å². The Morgan fingerprint density at radius 3 is 2.39 bits per heavy atom. The molecular weight excluding hydrogens is 490 g/mol. The fourth-order valence-electron chi connectivity index (χ4n) is 5.96. The summed E-state index contributed by atoms with van der Waals surface area (Å²) in [5.74, 6) is 1.87. The number of hydrogen-bond acceptors (Lipinski definition) is 4. The molecule has 6 rings (SSSR count). The van der Waals surface area contributed by atoms with E-state index in [4.69, 9.17) is 26.9 Å². The second kappa shape index (κ2) is 10.2. The molecule has 3 aromatic heterocycles. The van der Waals surface area contributed by atoms with Crippen LogP contribution < -0.4 is 15.0 Å². The molecule has 7 heteroatoms. The topological polar surface area (TPSA) is 55.2 Å². The number of benzene rings is 1. The molecule has 0 amide bonds. The van der Waals surface area contributed by atoms with Crippen LogP contribution in [0, 0.1) is 20.8 Å². The number of pyridine rings is 2. The molecule has 1 N–H and O–H groups in total. The van der Waals surface area contributed by atoms with Gasteiger partial charge in [0.15, 0.2) is 5.11 Å². The van der Waals surface area contributed by atoms with Crippen LogP contribution in [0.15, 0.2) is 73.1 Å². The first-order valence-corrected chi connectivity index (χ1v) is 13.8. The summed E-state index contributed by atoms with van der Waals surface area (Å²) in [7, 11) is 0. The van der Waals surface area contributed by atoms with Gasteiger partial charge in [0.05, 0.1) is 23.9 Å². The number of thiocarbonyl (C=S) groups is 1. The van der Waals surface area contributed by atoms with E-state index in [1.54, 1.807) is 0 Å². The molecule has 2 aliphatic rings. The van der Waals surface area contributed by atoms with E-state index in [0.29, 0.717) is 11.2 Å². The van der Waals surface area contributed by atoms with Crippen molar-refractivity contribution in [1.82, 2.24) is 19.9 Å². The predicted octanol–water partition coefficient (Wildman–Crippen LogP) is 6.69. The third-order valence-corrected chi connectivity index (χ3v) is 8.12. The van der Waals surface area contributed by atoms with E-state index in [-0.39, 0.29) is 12.1 Å². The lowest BCUT2D eigenvalue weighted by Crippen LogP contribution is -2.29. The first-order chi connectivity index (χ1) is 18.5. The molecule has 2 fully saturated rings. The van der Waals surface area contributed by atoms with E-state index in [0.717, 1.165) is 52.7 Å². The van der Waals surface area contributed by atoms with E-state index >= 15 is 0 Å². The Balaban J connectivity index is 1.42. The molecule has 1 aliphatic heterocycles. The highest BCUT2D eigenvalue weighted by atomic mass is 32.1. The van der Waals surface area contributed by atoms with Gasteiger partial charge in [-0.15, -0.1) is 0 Å².